The van der Waals surface area contributed by atoms with Crippen molar-refractivity contribution in [1.82, 2.24) is 9.38 Å². The van der Waals surface area contributed by atoms with Crippen LogP contribution in [0.5, 0.6) is 0 Å². The highest BCUT2D eigenvalue weighted by molar-refractivity contribution is 7.23. The summed E-state index contributed by atoms with van der Waals surface area (Å²) in [5, 5.41) is 1.24. The molecule has 3 nitrogen and oxygen atoms in total. The summed E-state index contributed by atoms with van der Waals surface area (Å²) in [6.07, 6.45) is 4.39. The third-order valence-corrected chi connectivity index (χ3v) is 6.95. The lowest BCUT2D eigenvalue weighted by molar-refractivity contribution is 0.591. The molecule has 0 fully saturated rings. The number of para-hydroxylation sites is 3. The van der Waals surface area contributed by atoms with Gasteiger partial charge in [0.05, 0.1) is 21.3 Å². The van der Waals surface area contributed by atoms with Gasteiger partial charge in [-0.25, -0.2) is 4.98 Å². The fourth-order valence-corrected chi connectivity index (χ4v) is 5.64. The highest BCUT2D eigenvalue weighted by Gasteiger charge is 2.22. The highest BCUT2D eigenvalue weighted by Crippen LogP contribution is 2.40. The van der Waals surface area contributed by atoms with Gasteiger partial charge in [0, 0.05) is 16.5 Å². The summed E-state index contributed by atoms with van der Waals surface area (Å²) in [7, 11) is 0. The predicted octanol–water partition coefficient (Wildman–Crippen LogP) is 6.83. The van der Waals surface area contributed by atoms with Crippen LogP contribution in [0.3, 0.4) is 0 Å². The summed E-state index contributed by atoms with van der Waals surface area (Å²) in [5.41, 5.74) is 8.13. The first-order valence-electron chi connectivity index (χ1n) is 9.88. The zero-order valence-electron chi connectivity index (χ0n) is 15.6. The summed E-state index contributed by atoms with van der Waals surface area (Å²) in [5.74, 6) is 1.03. The second-order valence-corrected chi connectivity index (χ2v) is 8.57. The number of benzene rings is 3. The molecule has 0 radical (unpaired) electrons. The Kier molecular flexibility index (Phi) is 2.99. The Hall–Kier alpha value is -3.37. The normalized spacial score (nSPS) is 14.1. The molecule has 3 aromatic carbocycles. The van der Waals surface area contributed by atoms with Crippen LogP contribution >= 0.6 is 11.3 Å². The van der Waals surface area contributed by atoms with Crippen molar-refractivity contribution in [1.29, 1.82) is 0 Å². The number of fused-ring (bicyclic) bond motifs is 8. The van der Waals surface area contributed by atoms with Crippen molar-refractivity contribution in [3.8, 4) is 0 Å². The van der Waals surface area contributed by atoms with E-state index in [1.165, 1.54) is 32.3 Å². The van der Waals surface area contributed by atoms with Crippen LogP contribution in [0.15, 0.2) is 77.2 Å². The van der Waals surface area contributed by atoms with E-state index in [1.807, 2.05) is 12.1 Å². The number of rotatable bonds is 1. The van der Waals surface area contributed by atoms with Crippen LogP contribution < -0.4 is 0 Å². The molecule has 4 heteroatoms. The molecule has 138 valence electrons. The second-order valence-electron chi connectivity index (χ2n) is 7.57. The molecule has 0 N–H and O–H groups in total. The third kappa shape index (κ3) is 2.09. The molecule has 1 aliphatic carbocycles. The zero-order valence-corrected chi connectivity index (χ0v) is 16.4. The summed E-state index contributed by atoms with van der Waals surface area (Å²) in [6.45, 7) is 0. The minimum absolute atomic E-state index is 0.977. The molecular weight excluding hydrogens is 376 g/mol. The number of thiazole rings is 1. The minimum Gasteiger partial charge on any atom is -0.456 e. The molecule has 3 aromatic heterocycles. The Balaban J connectivity index is 1.49. The Morgan fingerprint density at radius 2 is 1.83 bits per heavy atom. The fourth-order valence-electron chi connectivity index (χ4n) is 4.62. The number of allylic oxidation sites excluding steroid dienone is 1. The quantitative estimate of drug-likeness (QED) is 0.307. The Labute approximate surface area is 170 Å². The molecule has 0 bridgehead atoms. The Bertz CT molecular complexity index is 1610. The zero-order chi connectivity index (χ0) is 18.9. The fraction of sp³-hybridized carbons (Fsp3) is 0.0800. The Morgan fingerprint density at radius 1 is 0.931 bits per heavy atom. The van der Waals surface area contributed by atoms with Crippen LogP contribution in [0.1, 0.15) is 23.3 Å². The number of nitrogens with zero attached hydrogens (tertiary/aromatic N) is 2. The highest BCUT2D eigenvalue weighted by atomic mass is 32.1. The molecule has 0 saturated carbocycles. The Morgan fingerprint density at radius 3 is 2.83 bits per heavy atom. The van der Waals surface area contributed by atoms with Gasteiger partial charge in [0.2, 0.25) is 0 Å². The molecular formula is C25H16N2OS. The first-order chi connectivity index (χ1) is 14.4. The van der Waals surface area contributed by atoms with E-state index in [4.69, 9.17) is 9.40 Å². The van der Waals surface area contributed by atoms with Crippen LogP contribution in [0, 0.1) is 0 Å². The van der Waals surface area contributed by atoms with E-state index in [2.05, 4.69) is 65.1 Å². The van der Waals surface area contributed by atoms with E-state index in [1.54, 1.807) is 11.3 Å². The van der Waals surface area contributed by atoms with Gasteiger partial charge in [0.1, 0.15) is 11.3 Å². The van der Waals surface area contributed by atoms with Gasteiger partial charge in [-0.15, -0.1) is 0 Å². The van der Waals surface area contributed by atoms with Gasteiger partial charge in [-0.2, -0.15) is 0 Å². The monoisotopic (exact) mass is 392 g/mol. The van der Waals surface area contributed by atoms with E-state index >= 15 is 0 Å². The van der Waals surface area contributed by atoms with E-state index < -0.39 is 0 Å². The van der Waals surface area contributed by atoms with Crippen molar-refractivity contribution >= 4 is 54.1 Å². The molecule has 0 amide bonds. The topological polar surface area (TPSA) is 30.4 Å². The van der Waals surface area contributed by atoms with Gasteiger partial charge in [-0.3, -0.25) is 4.40 Å². The average molecular weight is 392 g/mol. The van der Waals surface area contributed by atoms with Crippen LogP contribution in [0.2, 0.25) is 0 Å². The van der Waals surface area contributed by atoms with Gasteiger partial charge in [-0.05, 0) is 48.7 Å². The van der Waals surface area contributed by atoms with Gasteiger partial charge >= 0.3 is 0 Å². The number of furan rings is 1. The molecule has 3 heterocycles. The van der Waals surface area contributed by atoms with E-state index in [0.29, 0.717) is 0 Å². The van der Waals surface area contributed by atoms with Crippen LogP contribution in [-0.2, 0) is 6.42 Å². The van der Waals surface area contributed by atoms with Crippen molar-refractivity contribution in [2.24, 2.45) is 0 Å². The number of hydrogen-bond donors (Lipinski definition) is 0. The smallest absolute Gasteiger partial charge is 0.195 e. The number of aryl methyl sites for hydroxylation is 1. The summed E-state index contributed by atoms with van der Waals surface area (Å²) < 4.78 is 9.84. The summed E-state index contributed by atoms with van der Waals surface area (Å²) in [4.78, 5) is 5.85. The number of imidazole rings is 1. The lowest BCUT2D eigenvalue weighted by Crippen LogP contribution is -1.98. The third-order valence-electron chi connectivity index (χ3n) is 5.93. The molecule has 0 aliphatic heterocycles. The standard InChI is InChI=1S/C25H16N2OS/c1-4-11-22-17(6-1)18-8-5-7-16(24(18)28-22)15-12-13-23-21(14-15)27-20-10-3-2-9-19(20)26-25(27)29-23/h1-4,6-7,9-14H,5,8H2. The maximum Gasteiger partial charge on any atom is 0.195 e. The van der Waals surface area contributed by atoms with Gasteiger partial charge < -0.3 is 4.42 Å². The molecule has 0 saturated heterocycles. The number of hydrogen-bond acceptors (Lipinski definition) is 3. The lowest BCUT2D eigenvalue weighted by atomic mass is 9.91. The molecule has 1 aliphatic rings. The molecule has 6 aromatic rings. The van der Waals surface area contributed by atoms with Gasteiger partial charge in [0.25, 0.3) is 0 Å². The summed E-state index contributed by atoms with van der Waals surface area (Å²) >= 11 is 1.74. The van der Waals surface area contributed by atoms with Gasteiger partial charge in [0.15, 0.2) is 4.96 Å². The molecule has 0 atom stereocenters. The average Bonchev–Trinajstić information content (AvgIpc) is 3.42. The molecule has 7 rings (SSSR count). The SMILES string of the molecule is C1=C(c2ccc3sc4nc5ccccc5n4c3c2)c2oc3ccccc3c2CC1. The minimum atomic E-state index is 0.977. The second kappa shape index (κ2) is 5.58. The maximum atomic E-state index is 6.31. The molecule has 0 unspecified atom stereocenters. The first-order valence-corrected chi connectivity index (χ1v) is 10.7. The largest absolute Gasteiger partial charge is 0.456 e. The van der Waals surface area contributed by atoms with Crippen molar-refractivity contribution in [2.45, 2.75) is 12.8 Å². The number of aromatic nitrogens is 2. The summed E-state index contributed by atoms with van der Waals surface area (Å²) in [6, 6.07) is 23.4. The van der Waals surface area contributed by atoms with Gasteiger partial charge in [-0.1, -0.05) is 53.8 Å². The van der Waals surface area contributed by atoms with E-state index in [-0.39, 0.29) is 0 Å². The van der Waals surface area contributed by atoms with Crippen LogP contribution in [0.4, 0.5) is 0 Å². The van der Waals surface area contributed by atoms with Crippen LogP contribution in [0.25, 0.3) is 42.8 Å². The van der Waals surface area contributed by atoms with Crippen molar-refractivity contribution in [3.05, 3.63) is 89.7 Å². The van der Waals surface area contributed by atoms with Crippen molar-refractivity contribution in [3.63, 3.8) is 0 Å². The lowest BCUT2D eigenvalue weighted by Gasteiger charge is -2.13. The van der Waals surface area contributed by atoms with Crippen molar-refractivity contribution in [2.75, 3.05) is 0 Å². The maximum absolute atomic E-state index is 6.31. The van der Waals surface area contributed by atoms with Crippen molar-refractivity contribution < 1.29 is 4.42 Å². The molecule has 0 spiro atoms. The molecule has 29 heavy (non-hydrogen) atoms. The van der Waals surface area contributed by atoms with E-state index in [0.717, 1.165) is 40.2 Å². The predicted molar refractivity (Wildman–Crippen MR) is 120 cm³/mol. The first kappa shape index (κ1) is 15.5. The van der Waals surface area contributed by atoms with Crippen LogP contribution in [-0.4, -0.2) is 9.38 Å². The van der Waals surface area contributed by atoms with E-state index in [9.17, 15) is 0 Å².